The molecule has 12 heteroatoms. The fourth-order valence-corrected chi connectivity index (χ4v) is 5.97. The van der Waals surface area contributed by atoms with Crippen molar-refractivity contribution >= 4 is 15.8 Å². The van der Waals surface area contributed by atoms with E-state index in [1.54, 1.807) is 28.8 Å². The zero-order valence-corrected chi connectivity index (χ0v) is 21.3. The lowest BCUT2D eigenvalue weighted by molar-refractivity contribution is 0.222. The zero-order valence-electron chi connectivity index (χ0n) is 20.4. The van der Waals surface area contributed by atoms with Crippen molar-refractivity contribution in [2.45, 2.75) is 38.3 Å². The molecule has 0 bridgehead atoms. The molecule has 1 saturated heterocycles. The van der Waals surface area contributed by atoms with E-state index in [9.17, 15) is 8.42 Å². The van der Waals surface area contributed by atoms with Gasteiger partial charge < -0.3 is 19.5 Å². The van der Waals surface area contributed by atoms with E-state index in [0.29, 0.717) is 62.4 Å². The lowest BCUT2D eigenvalue weighted by Crippen LogP contribution is -2.47. The first kappa shape index (κ1) is 23.8. The maximum Gasteiger partial charge on any atom is 0.243 e. The first-order chi connectivity index (χ1) is 16.9. The molecule has 35 heavy (non-hydrogen) atoms. The fraction of sp³-hybridized carbons (Fsp3) is 0.522. The average molecular weight is 501 g/mol. The number of rotatable bonds is 8. The highest BCUT2D eigenvalue weighted by Crippen LogP contribution is 2.38. The van der Waals surface area contributed by atoms with E-state index in [2.05, 4.69) is 31.9 Å². The van der Waals surface area contributed by atoms with Crippen LogP contribution in [0.3, 0.4) is 0 Å². The highest BCUT2D eigenvalue weighted by atomic mass is 32.2. The number of hydrogen-bond donors (Lipinski definition) is 1. The number of likely N-dealkylation sites (N-methyl/N-ethyl adjacent to an activating group) is 1. The van der Waals surface area contributed by atoms with Gasteiger partial charge in [0.1, 0.15) is 23.6 Å². The molecule has 0 amide bonds. The number of H-pyrrole nitrogens is 1. The average Bonchev–Trinajstić information content (AvgIpc) is 3.50. The van der Waals surface area contributed by atoms with E-state index in [0.717, 1.165) is 30.9 Å². The Kier molecular flexibility index (Phi) is 6.51. The zero-order chi connectivity index (χ0) is 24.6. The number of unbranched alkanes of at least 4 members (excludes halogenated alkanes) is 1. The summed E-state index contributed by atoms with van der Waals surface area (Å²) in [5, 5.41) is 8.36. The van der Waals surface area contributed by atoms with Gasteiger partial charge >= 0.3 is 0 Å². The number of imidazole rings is 1. The number of benzene rings is 1. The van der Waals surface area contributed by atoms with Crippen LogP contribution in [0.2, 0.25) is 0 Å². The number of anilines is 1. The molecule has 0 aliphatic carbocycles. The molecule has 4 heterocycles. The number of aromatic amines is 1. The lowest BCUT2D eigenvalue weighted by Gasteiger charge is -2.31. The normalized spacial score (nSPS) is 16.8. The van der Waals surface area contributed by atoms with Crippen molar-refractivity contribution in [3.63, 3.8) is 0 Å². The number of aromatic nitrogens is 5. The van der Waals surface area contributed by atoms with E-state index in [1.807, 2.05) is 18.5 Å². The van der Waals surface area contributed by atoms with Crippen molar-refractivity contribution in [2.75, 3.05) is 51.3 Å². The molecule has 1 aromatic carbocycles. The van der Waals surface area contributed by atoms with Gasteiger partial charge in [-0.3, -0.25) is 4.57 Å². The third kappa shape index (κ3) is 4.41. The first-order valence-corrected chi connectivity index (χ1v) is 13.6. The van der Waals surface area contributed by atoms with Gasteiger partial charge in [0.05, 0.1) is 23.7 Å². The van der Waals surface area contributed by atoms with Gasteiger partial charge in [-0.2, -0.15) is 4.31 Å². The Labute approximate surface area is 205 Å². The van der Waals surface area contributed by atoms with Gasteiger partial charge in [0.2, 0.25) is 10.0 Å². The molecule has 0 atom stereocenters. The van der Waals surface area contributed by atoms with Crippen LogP contribution in [-0.2, 0) is 16.7 Å². The number of fused-ring (bicyclic) bond motifs is 3. The topological polar surface area (TPSA) is 112 Å². The molecule has 3 aromatic rings. The molecule has 1 N–H and O–H groups in total. The van der Waals surface area contributed by atoms with E-state index in [4.69, 9.17) is 9.72 Å². The first-order valence-electron chi connectivity index (χ1n) is 12.1. The van der Waals surface area contributed by atoms with E-state index in [1.165, 1.54) is 0 Å². The van der Waals surface area contributed by atoms with E-state index < -0.39 is 10.0 Å². The minimum absolute atomic E-state index is 0.237. The molecule has 0 radical (unpaired) electrons. The minimum Gasteiger partial charge on any atom is -0.493 e. The van der Waals surface area contributed by atoms with Crippen molar-refractivity contribution in [1.29, 1.82) is 0 Å². The monoisotopic (exact) mass is 500 g/mol. The highest BCUT2D eigenvalue weighted by molar-refractivity contribution is 7.89. The fourth-order valence-electron chi connectivity index (χ4n) is 4.52. The van der Waals surface area contributed by atoms with Gasteiger partial charge in [-0.15, -0.1) is 10.2 Å². The van der Waals surface area contributed by atoms with Crippen molar-refractivity contribution in [2.24, 2.45) is 0 Å². The Morgan fingerprint density at radius 3 is 2.69 bits per heavy atom. The van der Waals surface area contributed by atoms with Gasteiger partial charge in [-0.1, -0.05) is 13.3 Å². The van der Waals surface area contributed by atoms with Crippen molar-refractivity contribution in [3.8, 4) is 28.7 Å². The summed E-state index contributed by atoms with van der Waals surface area (Å²) in [6, 6.07) is 5.01. The van der Waals surface area contributed by atoms with E-state index >= 15 is 0 Å². The largest absolute Gasteiger partial charge is 0.493 e. The molecule has 2 aliphatic heterocycles. The minimum atomic E-state index is -3.64. The highest BCUT2D eigenvalue weighted by Gasteiger charge is 2.31. The predicted octanol–water partition coefficient (Wildman–Crippen LogP) is 2.25. The Bertz CT molecular complexity index is 1290. The van der Waals surface area contributed by atoms with Gasteiger partial charge in [0.25, 0.3) is 0 Å². The SMILES string of the molecule is CCCCN1Cn2cnnc2-c2[nH]c(-c3cc(S(=O)(=O)N4CCN(C)CC4)ccc3OCC)nc21. The molecular weight excluding hydrogens is 468 g/mol. The molecular formula is C23H32N8O3S. The van der Waals surface area contributed by atoms with Gasteiger partial charge in [0.15, 0.2) is 11.6 Å². The summed E-state index contributed by atoms with van der Waals surface area (Å²) in [6.07, 6.45) is 3.81. The number of piperazine rings is 1. The summed E-state index contributed by atoms with van der Waals surface area (Å²) in [7, 11) is -1.64. The summed E-state index contributed by atoms with van der Waals surface area (Å²) >= 11 is 0. The number of nitrogens with zero attached hydrogens (tertiary/aromatic N) is 7. The quantitative estimate of drug-likeness (QED) is 0.501. The van der Waals surface area contributed by atoms with Crippen LogP contribution >= 0.6 is 0 Å². The van der Waals surface area contributed by atoms with Gasteiger partial charge in [0, 0.05) is 32.7 Å². The Balaban J connectivity index is 1.57. The van der Waals surface area contributed by atoms with Crippen molar-refractivity contribution in [1.82, 2.24) is 33.9 Å². The second-order valence-electron chi connectivity index (χ2n) is 8.97. The van der Waals surface area contributed by atoms with Crippen LogP contribution < -0.4 is 9.64 Å². The third-order valence-electron chi connectivity index (χ3n) is 6.53. The number of sulfonamides is 1. The Hall–Kier alpha value is -2.96. The molecule has 2 aromatic heterocycles. The van der Waals surface area contributed by atoms with E-state index in [-0.39, 0.29) is 4.90 Å². The van der Waals surface area contributed by atoms with Gasteiger partial charge in [-0.05, 0) is 38.6 Å². The molecule has 1 fully saturated rings. The van der Waals surface area contributed by atoms with Crippen LogP contribution in [0.4, 0.5) is 5.82 Å². The van der Waals surface area contributed by atoms with Crippen molar-refractivity contribution in [3.05, 3.63) is 24.5 Å². The summed E-state index contributed by atoms with van der Waals surface area (Å²) < 4.78 is 36.3. The summed E-state index contributed by atoms with van der Waals surface area (Å²) in [4.78, 5) is 12.9. The van der Waals surface area contributed by atoms with Crippen molar-refractivity contribution < 1.29 is 13.2 Å². The Morgan fingerprint density at radius 1 is 1.14 bits per heavy atom. The van der Waals surface area contributed by atoms with Gasteiger partial charge in [-0.25, -0.2) is 13.4 Å². The maximum atomic E-state index is 13.4. The number of ether oxygens (including phenoxy) is 1. The standard InChI is InChI=1S/C23H32N8O3S/c1-4-6-9-29-16-30-15-24-27-23(30)20-22(29)26-21(25-20)18-14-17(7-8-19(18)34-5-2)35(32,33)31-12-10-28(3)11-13-31/h7-8,14-15H,4-6,9-13,16H2,1-3H3,(H,25,26). The predicted molar refractivity (Wildman–Crippen MR) is 133 cm³/mol. The molecule has 0 unspecified atom stereocenters. The number of nitrogens with one attached hydrogen (secondary N) is 1. The number of hydrogen-bond acceptors (Lipinski definition) is 8. The summed E-state index contributed by atoms with van der Waals surface area (Å²) in [5.74, 6) is 2.64. The Morgan fingerprint density at radius 2 is 1.94 bits per heavy atom. The molecule has 188 valence electrons. The second kappa shape index (κ2) is 9.59. The molecule has 0 saturated carbocycles. The molecule has 2 aliphatic rings. The van der Waals surface area contributed by atoms with Crippen LogP contribution in [0, 0.1) is 0 Å². The third-order valence-corrected chi connectivity index (χ3v) is 8.43. The van der Waals surface area contributed by atoms with Crippen LogP contribution in [0.5, 0.6) is 5.75 Å². The molecule has 11 nitrogen and oxygen atoms in total. The van der Waals surface area contributed by atoms with Crippen LogP contribution in [0.15, 0.2) is 29.4 Å². The van der Waals surface area contributed by atoms with Crippen LogP contribution in [0.1, 0.15) is 26.7 Å². The lowest BCUT2D eigenvalue weighted by atomic mass is 10.2. The van der Waals surface area contributed by atoms with Crippen LogP contribution in [-0.4, -0.2) is 88.7 Å². The maximum absolute atomic E-state index is 13.4. The second-order valence-corrected chi connectivity index (χ2v) is 10.9. The smallest absolute Gasteiger partial charge is 0.243 e. The summed E-state index contributed by atoms with van der Waals surface area (Å²) in [6.45, 7) is 8.35. The molecule has 0 spiro atoms. The van der Waals surface area contributed by atoms with Crippen LogP contribution in [0.25, 0.3) is 22.9 Å². The molecule has 5 rings (SSSR count). The summed E-state index contributed by atoms with van der Waals surface area (Å²) in [5.41, 5.74) is 1.38.